The smallest absolute Gasteiger partial charge is 0.225 e. The van der Waals surface area contributed by atoms with Gasteiger partial charge < -0.3 is 5.32 Å². The molecule has 1 N–H and O–H groups in total. The first-order valence-corrected chi connectivity index (χ1v) is 11.3. The third kappa shape index (κ3) is 4.98. The molecular weight excluding hydrogens is 364 g/mol. The molecule has 1 amide bonds. The molecule has 0 saturated heterocycles. The number of hydrogen-bond donors (Lipinski definition) is 1. The van der Waals surface area contributed by atoms with E-state index < -0.39 is 0 Å². The summed E-state index contributed by atoms with van der Waals surface area (Å²) in [6, 6.07) is 17.9. The molecule has 0 saturated carbocycles. The van der Waals surface area contributed by atoms with E-state index >= 15 is 0 Å². The highest BCUT2D eigenvalue weighted by atomic mass is 32.2. The van der Waals surface area contributed by atoms with E-state index in [1.165, 1.54) is 16.0 Å². The summed E-state index contributed by atoms with van der Waals surface area (Å²) in [6.07, 6.45) is 1.66. The predicted octanol–water partition coefficient (Wildman–Crippen LogP) is 5.76. The lowest BCUT2D eigenvalue weighted by molar-refractivity contribution is -0.116. The van der Waals surface area contributed by atoms with E-state index in [0.29, 0.717) is 18.5 Å². The Labute approximate surface area is 173 Å². The third-order valence-corrected chi connectivity index (χ3v) is 6.58. The Balaban J connectivity index is 1.72. The van der Waals surface area contributed by atoms with Crippen molar-refractivity contribution >= 4 is 23.4 Å². The molecule has 150 valence electrons. The molecule has 1 atom stereocenters. The van der Waals surface area contributed by atoms with Crippen LogP contribution in [-0.2, 0) is 4.79 Å². The van der Waals surface area contributed by atoms with E-state index in [0.717, 1.165) is 24.4 Å². The largest absolute Gasteiger partial charge is 0.325 e. The number of anilines is 1. The van der Waals surface area contributed by atoms with E-state index in [1.807, 2.05) is 17.8 Å². The number of para-hydroxylation sites is 1. The Morgan fingerprint density at radius 2 is 1.75 bits per heavy atom. The molecule has 4 heteroatoms. The normalized spacial score (nSPS) is 16.5. The van der Waals surface area contributed by atoms with E-state index in [-0.39, 0.29) is 11.8 Å². The summed E-state index contributed by atoms with van der Waals surface area (Å²) in [4.78, 5) is 16.1. The SMILES string of the molecule is CC(C)N(CCCSc1cccc2c1NC(=O)CC2c1ccccc1)C(C)C. The van der Waals surface area contributed by atoms with Crippen LogP contribution in [0.4, 0.5) is 5.69 Å². The summed E-state index contributed by atoms with van der Waals surface area (Å²) in [5.41, 5.74) is 3.47. The van der Waals surface area contributed by atoms with Gasteiger partial charge in [0.2, 0.25) is 5.91 Å². The van der Waals surface area contributed by atoms with Crippen molar-refractivity contribution in [2.75, 3.05) is 17.6 Å². The van der Waals surface area contributed by atoms with Gasteiger partial charge in [0, 0.05) is 29.3 Å². The number of carbonyl (C=O) groups excluding carboxylic acids is 1. The van der Waals surface area contributed by atoms with Crippen molar-refractivity contribution in [2.45, 2.75) is 63.4 Å². The maximum absolute atomic E-state index is 12.4. The van der Waals surface area contributed by atoms with Crippen molar-refractivity contribution in [2.24, 2.45) is 0 Å². The van der Waals surface area contributed by atoms with Gasteiger partial charge in [0.15, 0.2) is 0 Å². The van der Waals surface area contributed by atoms with Crippen LogP contribution in [-0.4, -0.2) is 35.2 Å². The number of amides is 1. The topological polar surface area (TPSA) is 32.3 Å². The number of fused-ring (bicyclic) bond motifs is 1. The number of thioether (sulfide) groups is 1. The molecule has 3 rings (SSSR count). The minimum atomic E-state index is 0.111. The Morgan fingerprint density at radius 1 is 1.04 bits per heavy atom. The van der Waals surface area contributed by atoms with Crippen LogP contribution < -0.4 is 5.32 Å². The first-order valence-electron chi connectivity index (χ1n) is 10.3. The second-order valence-electron chi connectivity index (χ2n) is 8.06. The lowest BCUT2D eigenvalue weighted by Crippen LogP contribution is -2.37. The summed E-state index contributed by atoms with van der Waals surface area (Å²) >= 11 is 1.86. The van der Waals surface area contributed by atoms with Crippen LogP contribution in [0.1, 0.15) is 57.6 Å². The number of hydrogen-bond acceptors (Lipinski definition) is 3. The lowest BCUT2D eigenvalue weighted by atomic mass is 9.85. The van der Waals surface area contributed by atoms with Crippen molar-refractivity contribution in [1.82, 2.24) is 4.90 Å². The zero-order valence-corrected chi connectivity index (χ0v) is 18.3. The van der Waals surface area contributed by atoms with Crippen LogP contribution in [0, 0.1) is 0 Å². The highest BCUT2D eigenvalue weighted by Gasteiger charge is 2.28. The molecule has 2 aromatic carbocycles. The van der Waals surface area contributed by atoms with E-state index in [1.54, 1.807) is 0 Å². The van der Waals surface area contributed by atoms with Gasteiger partial charge >= 0.3 is 0 Å². The van der Waals surface area contributed by atoms with Crippen molar-refractivity contribution in [3.63, 3.8) is 0 Å². The highest BCUT2D eigenvalue weighted by Crippen LogP contribution is 2.41. The molecule has 0 fully saturated rings. The Bertz CT molecular complexity index is 780. The molecular formula is C24H32N2OS. The minimum Gasteiger partial charge on any atom is -0.325 e. The highest BCUT2D eigenvalue weighted by molar-refractivity contribution is 7.99. The summed E-state index contributed by atoms with van der Waals surface area (Å²) in [5, 5.41) is 3.14. The Hall–Kier alpha value is -1.78. The third-order valence-electron chi connectivity index (χ3n) is 5.43. The zero-order valence-electron chi connectivity index (χ0n) is 17.4. The molecule has 28 heavy (non-hydrogen) atoms. The zero-order chi connectivity index (χ0) is 20.1. The van der Waals surface area contributed by atoms with Gasteiger partial charge in [0.1, 0.15) is 0 Å². The molecule has 0 radical (unpaired) electrons. The second kappa shape index (κ2) is 9.62. The van der Waals surface area contributed by atoms with Crippen molar-refractivity contribution in [1.29, 1.82) is 0 Å². The number of nitrogens with zero attached hydrogens (tertiary/aromatic N) is 1. The first kappa shape index (κ1) is 20.9. The first-order chi connectivity index (χ1) is 13.5. The molecule has 0 aromatic heterocycles. The van der Waals surface area contributed by atoms with Crippen molar-refractivity contribution in [3.05, 3.63) is 59.7 Å². The van der Waals surface area contributed by atoms with Gasteiger partial charge in [-0.15, -0.1) is 11.8 Å². The summed E-state index contributed by atoms with van der Waals surface area (Å²) < 4.78 is 0. The summed E-state index contributed by atoms with van der Waals surface area (Å²) in [5.74, 6) is 1.31. The van der Waals surface area contributed by atoms with E-state index in [2.05, 4.69) is 80.4 Å². The van der Waals surface area contributed by atoms with Gasteiger partial charge in [-0.25, -0.2) is 0 Å². The van der Waals surface area contributed by atoms with Gasteiger partial charge in [-0.1, -0.05) is 42.5 Å². The standard InChI is InChI=1S/C24H32N2OS/c1-17(2)26(18(3)4)14-9-15-28-22-13-8-12-20-21(16-23(27)25-24(20)22)19-10-6-5-7-11-19/h5-8,10-13,17-18,21H,9,14-16H2,1-4H3,(H,25,27). The fraction of sp³-hybridized carbons (Fsp3) is 0.458. The number of rotatable bonds is 8. The van der Waals surface area contributed by atoms with E-state index in [9.17, 15) is 4.79 Å². The summed E-state index contributed by atoms with van der Waals surface area (Å²) in [7, 11) is 0. The molecule has 0 aliphatic carbocycles. The Kier molecular flexibility index (Phi) is 7.19. The molecule has 0 bridgehead atoms. The molecule has 1 aliphatic heterocycles. The monoisotopic (exact) mass is 396 g/mol. The molecule has 1 heterocycles. The van der Waals surface area contributed by atoms with E-state index in [4.69, 9.17) is 0 Å². The number of carbonyl (C=O) groups is 1. The van der Waals surface area contributed by atoms with Crippen LogP contribution in [0.3, 0.4) is 0 Å². The molecule has 1 unspecified atom stereocenters. The van der Waals surface area contributed by atoms with Crippen LogP contribution in [0.15, 0.2) is 53.4 Å². The fourth-order valence-electron chi connectivity index (χ4n) is 4.10. The predicted molar refractivity (Wildman–Crippen MR) is 120 cm³/mol. The molecule has 2 aromatic rings. The van der Waals surface area contributed by atoms with Gasteiger partial charge in [0.25, 0.3) is 0 Å². The van der Waals surface area contributed by atoms with Gasteiger partial charge in [0.05, 0.1) is 5.69 Å². The lowest BCUT2D eigenvalue weighted by Gasteiger charge is -2.30. The summed E-state index contributed by atoms with van der Waals surface area (Å²) in [6.45, 7) is 10.2. The second-order valence-corrected chi connectivity index (χ2v) is 9.20. The fourth-order valence-corrected chi connectivity index (χ4v) is 5.08. The molecule has 0 spiro atoms. The quantitative estimate of drug-likeness (QED) is 0.455. The van der Waals surface area contributed by atoms with Crippen LogP contribution in [0.5, 0.6) is 0 Å². The van der Waals surface area contributed by atoms with Crippen LogP contribution in [0.2, 0.25) is 0 Å². The average molecular weight is 397 g/mol. The maximum atomic E-state index is 12.4. The van der Waals surface area contributed by atoms with Gasteiger partial charge in [-0.3, -0.25) is 9.69 Å². The number of benzene rings is 2. The average Bonchev–Trinajstić information content (AvgIpc) is 2.67. The minimum absolute atomic E-state index is 0.111. The molecule has 3 nitrogen and oxygen atoms in total. The molecule has 1 aliphatic rings. The van der Waals surface area contributed by atoms with Crippen molar-refractivity contribution in [3.8, 4) is 0 Å². The van der Waals surface area contributed by atoms with Gasteiger partial charge in [-0.2, -0.15) is 0 Å². The maximum Gasteiger partial charge on any atom is 0.225 e. The van der Waals surface area contributed by atoms with Crippen molar-refractivity contribution < 1.29 is 4.79 Å². The van der Waals surface area contributed by atoms with Gasteiger partial charge in [-0.05, 0) is 63.6 Å². The number of nitrogens with one attached hydrogen (secondary N) is 1. The Morgan fingerprint density at radius 3 is 2.43 bits per heavy atom. The van der Waals surface area contributed by atoms with Crippen LogP contribution >= 0.6 is 11.8 Å². The van der Waals surface area contributed by atoms with Crippen LogP contribution in [0.25, 0.3) is 0 Å².